The lowest BCUT2D eigenvalue weighted by atomic mass is 10.3. The van der Waals surface area contributed by atoms with Crippen molar-refractivity contribution in [2.45, 2.75) is 19.5 Å². The van der Waals surface area contributed by atoms with Crippen LogP contribution in [0.3, 0.4) is 0 Å². The summed E-state index contributed by atoms with van der Waals surface area (Å²) >= 11 is 5.25. The van der Waals surface area contributed by atoms with Gasteiger partial charge in [0, 0.05) is 57.6 Å². The van der Waals surface area contributed by atoms with E-state index in [-0.39, 0.29) is 36.1 Å². The molecule has 0 atom stereocenters. The molecule has 4 N–H and O–H groups in total. The number of aliphatic carboxylic acids is 1. The third-order valence-corrected chi connectivity index (χ3v) is 6.90. The molecule has 1 saturated heterocycles. The average Bonchev–Trinajstić information content (AvgIpc) is 3.02. The van der Waals surface area contributed by atoms with Gasteiger partial charge in [0.25, 0.3) is 6.47 Å². The van der Waals surface area contributed by atoms with Crippen molar-refractivity contribution in [3.05, 3.63) is 47.4 Å². The van der Waals surface area contributed by atoms with E-state index in [4.69, 9.17) is 41.0 Å². The summed E-state index contributed by atoms with van der Waals surface area (Å²) in [6.45, 7) is 7.01. The molecule has 0 aromatic carbocycles. The maximum Gasteiger partial charge on any atom is 0.354 e. The lowest BCUT2D eigenvalue weighted by Gasteiger charge is -2.23. The topological polar surface area (TPSA) is 194 Å². The molecular weight excluding hydrogens is 636 g/mol. The van der Waals surface area contributed by atoms with Crippen LogP contribution in [-0.2, 0) is 41.6 Å². The number of nitrogens with zero attached hydrogens (tertiary/aromatic N) is 4. The number of aromatic carboxylic acids is 1. The third-order valence-electron chi connectivity index (χ3n) is 6.65. The Bertz CT molecular complexity index is 1270. The number of carboxylic acid groups (broad SMARTS) is 2. The van der Waals surface area contributed by atoms with Gasteiger partial charge in [0.05, 0.1) is 70.7 Å². The van der Waals surface area contributed by atoms with Crippen molar-refractivity contribution in [1.82, 2.24) is 25.1 Å². The van der Waals surface area contributed by atoms with Crippen LogP contribution in [0.2, 0.25) is 0 Å². The van der Waals surface area contributed by atoms with E-state index in [0.717, 1.165) is 0 Å². The Hall–Kier alpha value is -3.84. The van der Waals surface area contributed by atoms with Crippen molar-refractivity contribution in [3.8, 4) is 5.88 Å². The van der Waals surface area contributed by atoms with Crippen molar-refractivity contribution >= 4 is 41.4 Å². The maximum atomic E-state index is 11.3. The van der Waals surface area contributed by atoms with Gasteiger partial charge < -0.3 is 44.5 Å². The van der Waals surface area contributed by atoms with Crippen molar-refractivity contribution in [2.75, 3.05) is 90.9 Å². The molecule has 1 fully saturated rings. The number of hydrogen-bond donors (Lipinski definition) is 4. The Labute approximate surface area is 278 Å². The lowest BCUT2D eigenvalue weighted by molar-refractivity contribution is -0.136. The molecule has 2 aromatic heterocycles. The summed E-state index contributed by atoms with van der Waals surface area (Å²) < 4.78 is 28.2. The first-order chi connectivity index (χ1) is 22.8. The number of carbonyl (C=O) groups excluding carboxylic acids is 1. The van der Waals surface area contributed by atoms with Crippen molar-refractivity contribution in [2.24, 2.45) is 0 Å². The number of pyridine rings is 2. The Kier molecular flexibility index (Phi) is 17.5. The van der Waals surface area contributed by atoms with Gasteiger partial charge in [-0.25, -0.2) is 14.8 Å². The second-order valence-electron chi connectivity index (χ2n) is 10.2. The zero-order valence-corrected chi connectivity index (χ0v) is 27.0. The van der Waals surface area contributed by atoms with Crippen LogP contribution in [0.5, 0.6) is 5.88 Å². The van der Waals surface area contributed by atoms with Gasteiger partial charge in [0.1, 0.15) is 5.69 Å². The number of rotatable bonds is 11. The van der Waals surface area contributed by atoms with Crippen LogP contribution in [0.4, 0.5) is 5.69 Å². The number of carbonyl (C=O) groups is 3. The number of carboxylic acids is 2. The monoisotopic (exact) mass is 678 g/mol. The molecule has 1 aliphatic heterocycles. The van der Waals surface area contributed by atoms with E-state index in [1.54, 1.807) is 18.2 Å². The minimum atomic E-state index is -1.07. The summed E-state index contributed by atoms with van der Waals surface area (Å²) in [5, 5.41) is 24.1. The van der Waals surface area contributed by atoms with Crippen LogP contribution in [0.1, 0.15) is 28.3 Å². The predicted octanol–water partition coefficient (Wildman–Crippen LogP) is 0.855. The molecule has 16 nitrogen and oxygen atoms in total. The van der Waals surface area contributed by atoms with Gasteiger partial charge in [-0.2, -0.15) is 0 Å². The first-order valence-electron chi connectivity index (χ1n) is 15.1. The molecule has 3 rings (SSSR count). The molecule has 17 heteroatoms. The van der Waals surface area contributed by atoms with E-state index >= 15 is 0 Å². The van der Waals surface area contributed by atoms with Crippen molar-refractivity contribution in [1.29, 1.82) is 0 Å². The summed E-state index contributed by atoms with van der Waals surface area (Å²) in [4.78, 5) is 45.9. The van der Waals surface area contributed by atoms with E-state index in [2.05, 4.69) is 30.4 Å². The Balaban J connectivity index is 1.53. The molecule has 3 heterocycles. The largest absolute Gasteiger partial charge is 0.481 e. The van der Waals surface area contributed by atoms with Crippen LogP contribution in [0.25, 0.3) is 0 Å². The molecular formula is C30H42N6O10S. The minimum Gasteiger partial charge on any atom is -0.481 e. The van der Waals surface area contributed by atoms with Gasteiger partial charge in [-0.1, -0.05) is 6.07 Å². The van der Waals surface area contributed by atoms with Crippen molar-refractivity contribution in [3.63, 3.8) is 0 Å². The molecule has 47 heavy (non-hydrogen) atoms. The van der Waals surface area contributed by atoms with E-state index < -0.39 is 11.9 Å². The Morgan fingerprint density at radius 2 is 1.43 bits per heavy atom. The second-order valence-corrected chi connectivity index (χ2v) is 10.7. The molecule has 0 aliphatic carbocycles. The highest BCUT2D eigenvalue weighted by Gasteiger charge is 2.13. The minimum absolute atomic E-state index is 0.00615. The molecule has 0 radical (unpaired) electrons. The fraction of sp³-hybridized carbons (Fsp3) is 0.533. The summed E-state index contributed by atoms with van der Waals surface area (Å²) in [5.41, 5.74) is 1.78. The van der Waals surface area contributed by atoms with Crippen LogP contribution in [0.15, 0.2) is 30.3 Å². The van der Waals surface area contributed by atoms with Gasteiger partial charge in [0.2, 0.25) is 5.88 Å². The quantitative estimate of drug-likeness (QED) is 0.193. The molecule has 258 valence electrons. The number of thiocarbonyl (C=S) groups is 1. The highest BCUT2D eigenvalue weighted by atomic mass is 32.1. The molecule has 0 unspecified atom stereocenters. The SMILES string of the molecule is O=COc1cc(NC(=S)NCCC(=O)O)cc(CN2CCOCCOCCN(Cc3cccc(C(=O)O)n3)CCOCCOCC2)n1. The molecule has 1 aliphatic rings. The predicted molar refractivity (Wildman–Crippen MR) is 172 cm³/mol. The Morgan fingerprint density at radius 1 is 0.851 bits per heavy atom. The standard InChI is InChI=1S/C30H42N6O10S/c37-22-46-27-19-24(34-30(47)31-5-4-28(38)39)18-25(33-27)21-36-8-12-44-16-14-42-10-6-35(7-11-43-15-17-45-13-9-36)20-23-2-1-3-26(32-23)29(40)41/h1-3,18-19,22H,4-17,20-21H2,(H,38,39)(H,40,41)(H2,31,33,34,47). The van der Waals surface area contributed by atoms with Crippen LogP contribution >= 0.6 is 12.2 Å². The normalized spacial score (nSPS) is 16.7. The zero-order chi connectivity index (χ0) is 33.7. The molecule has 0 bridgehead atoms. The van der Waals surface area contributed by atoms with Gasteiger partial charge in [-0.3, -0.25) is 19.4 Å². The molecule has 0 saturated carbocycles. The zero-order valence-electron chi connectivity index (χ0n) is 26.1. The Morgan fingerprint density at radius 3 is 1.96 bits per heavy atom. The highest BCUT2D eigenvalue weighted by molar-refractivity contribution is 7.80. The fourth-order valence-electron chi connectivity index (χ4n) is 4.38. The lowest BCUT2D eigenvalue weighted by Crippen LogP contribution is -2.33. The van der Waals surface area contributed by atoms with Gasteiger partial charge in [0.15, 0.2) is 5.11 Å². The van der Waals surface area contributed by atoms with Crippen molar-refractivity contribution < 1.29 is 48.3 Å². The van der Waals surface area contributed by atoms with E-state index in [9.17, 15) is 19.5 Å². The van der Waals surface area contributed by atoms with Crippen LogP contribution < -0.4 is 15.4 Å². The van der Waals surface area contributed by atoms with E-state index in [1.165, 1.54) is 12.1 Å². The smallest absolute Gasteiger partial charge is 0.354 e. The number of hydrogen-bond acceptors (Lipinski definition) is 13. The van der Waals surface area contributed by atoms with E-state index in [1.807, 2.05) is 0 Å². The summed E-state index contributed by atoms with van der Waals surface area (Å²) in [5.74, 6) is -1.93. The summed E-state index contributed by atoms with van der Waals surface area (Å²) in [6, 6.07) is 8.23. The fourth-order valence-corrected chi connectivity index (χ4v) is 4.60. The third kappa shape index (κ3) is 16.0. The first kappa shape index (κ1) is 37.6. The number of ether oxygens (including phenoxy) is 5. The van der Waals surface area contributed by atoms with Crippen LogP contribution in [0, 0.1) is 0 Å². The average molecular weight is 679 g/mol. The highest BCUT2D eigenvalue weighted by Crippen LogP contribution is 2.18. The molecule has 0 spiro atoms. The van der Waals surface area contributed by atoms with Gasteiger partial charge >= 0.3 is 11.9 Å². The molecule has 2 aromatic rings. The summed E-state index contributed by atoms with van der Waals surface area (Å²) in [7, 11) is 0. The molecule has 0 amide bonds. The number of anilines is 1. The van der Waals surface area contributed by atoms with E-state index in [0.29, 0.717) is 109 Å². The van der Waals surface area contributed by atoms with Crippen LogP contribution in [-0.4, -0.2) is 139 Å². The summed E-state index contributed by atoms with van der Waals surface area (Å²) in [6.07, 6.45) is -0.0935. The number of aromatic nitrogens is 2. The number of nitrogens with one attached hydrogen (secondary N) is 2. The second kappa shape index (κ2) is 21.9. The maximum absolute atomic E-state index is 11.3. The van der Waals surface area contributed by atoms with Gasteiger partial charge in [-0.15, -0.1) is 0 Å². The van der Waals surface area contributed by atoms with Gasteiger partial charge in [-0.05, 0) is 30.4 Å². The first-order valence-corrected chi connectivity index (χ1v) is 15.6.